The molecule has 11 heteroatoms. The highest BCUT2D eigenvalue weighted by molar-refractivity contribution is 7.99. The summed E-state index contributed by atoms with van der Waals surface area (Å²) in [6.45, 7) is 0. The minimum absolute atomic E-state index is 0.00416. The Morgan fingerprint density at radius 2 is 2.09 bits per heavy atom. The average molecular weight is 487 g/mol. The number of sulfone groups is 1. The van der Waals surface area contributed by atoms with E-state index in [2.05, 4.69) is 15.5 Å². The highest BCUT2D eigenvalue weighted by Gasteiger charge is 2.29. The minimum atomic E-state index is -3.04. The van der Waals surface area contributed by atoms with E-state index in [-0.39, 0.29) is 34.4 Å². The van der Waals surface area contributed by atoms with Crippen molar-refractivity contribution in [2.75, 3.05) is 17.3 Å². The summed E-state index contributed by atoms with van der Waals surface area (Å²) in [5.41, 5.74) is 2.43. The lowest BCUT2D eigenvalue weighted by Gasteiger charge is -2.09. The van der Waals surface area contributed by atoms with Crippen LogP contribution in [0.5, 0.6) is 0 Å². The van der Waals surface area contributed by atoms with Crippen molar-refractivity contribution in [3.05, 3.63) is 47.8 Å². The van der Waals surface area contributed by atoms with Crippen LogP contribution in [-0.2, 0) is 14.6 Å². The Morgan fingerprint density at radius 1 is 1.22 bits per heavy atom. The molecular weight excluding hydrogens is 468 g/mol. The lowest BCUT2D eigenvalue weighted by Crippen LogP contribution is -2.36. The maximum absolute atomic E-state index is 12.2. The van der Waals surface area contributed by atoms with Crippen LogP contribution in [0.25, 0.3) is 32.9 Å². The molecule has 1 aliphatic heterocycles. The van der Waals surface area contributed by atoms with Crippen molar-refractivity contribution < 1.29 is 17.6 Å². The van der Waals surface area contributed by atoms with Crippen molar-refractivity contribution >= 4 is 49.7 Å². The quantitative estimate of drug-likeness (QED) is 0.412. The second-order valence-corrected chi connectivity index (χ2v) is 11.5. The number of pyridine rings is 1. The van der Waals surface area contributed by atoms with Crippen LogP contribution in [0, 0.1) is 0 Å². The normalized spacial score (nSPS) is 17.6. The van der Waals surface area contributed by atoms with Crippen LogP contribution in [0.15, 0.2) is 57.5 Å². The standard InChI is InChI=1S/C21H18N4O4S3/c26-19(22-13-7-9-32(27,28)12-13)11-31-21-25-24-20(29-21)15-10-17(18-6-3-8-30-18)23-16-5-2-1-4-14(15)16/h1-6,8,10,13H,7,9,11-12H2,(H,22,26)/t13-/m0/s1. The second-order valence-electron chi connectivity index (χ2n) is 7.38. The maximum atomic E-state index is 12.2. The van der Waals surface area contributed by atoms with Gasteiger partial charge in [-0.2, -0.15) is 0 Å². The highest BCUT2D eigenvalue weighted by atomic mass is 32.2. The van der Waals surface area contributed by atoms with Gasteiger partial charge in [0.1, 0.15) is 0 Å². The first kappa shape index (κ1) is 21.1. The van der Waals surface area contributed by atoms with Crippen LogP contribution in [0.2, 0.25) is 0 Å². The first-order valence-electron chi connectivity index (χ1n) is 9.87. The van der Waals surface area contributed by atoms with Crippen LogP contribution >= 0.6 is 23.1 Å². The number of para-hydroxylation sites is 1. The summed E-state index contributed by atoms with van der Waals surface area (Å²) in [6, 6.07) is 13.3. The van der Waals surface area contributed by atoms with Crippen molar-refractivity contribution in [2.45, 2.75) is 17.7 Å². The predicted molar refractivity (Wildman–Crippen MR) is 124 cm³/mol. The molecule has 1 amide bonds. The average Bonchev–Trinajstić information content (AvgIpc) is 3.53. The molecule has 1 saturated heterocycles. The fourth-order valence-corrected chi connectivity index (χ4v) is 6.52. The Labute approximate surface area is 192 Å². The maximum Gasteiger partial charge on any atom is 0.277 e. The molecule has 3 aromatic heterocycles. The molecule has 32 heavy (non-hydrogen) atoms. The fourth-order valence-electron chi connectivity index (χ4n) is 3.59. The van der Waals surface area contributed by atoms with Crippen LogP contribution in [0.4, 0.5) is 0 Å². The molecule has 4 heterocycles. The number of benzene rings is 1. The Bertz CT molecular complexity index is 1380. The summed E-state index contributed by atoms with van der Waals surface area (Å²) in [7, 11) is -3.04. The Hall–Kier alpha value is -2.76. The number of nitrogens with one attached hydrogen (secondary N) is 1. The molecule has 0 bridgehead atoms. The summed E-state index contributed by atoms with van der Waals surface area (Å²) < 4.78 is 28.9. The van der Waals surface area contributed by atoms with Gasteiger partial charge in [0.25, 0.3) is 5.22 Å². The molecule has 1 fully saturated rings. The molecule has 5 rings (SSSR count). The van der Waals surface area contributed by atoms with Crippen molar-refractivity contribution in [3.63, 3.8) is 0 Å². The molecule has 1 aliphatic rings. The van der Waals surface area contributed by atoms with Gasteiger partial charge in [-0.15, -0.1) is 21.5 Å². The number of nitrogens with zero attached hydrogens (tertiary/aromatic N) is 3. The van der Waals surface area contributed by atoms with E-state index in [0.717, 1.165) is 38.8 Å². The Balaban J connectivity index is 1.34. The SMILES string of the molecule is O=C(CSc1nnc(-c2cc(-c3cccs3)nc3ccccc23)o1)N[C@H]1CCS(=O)(=O)C1. The first-order chi connectivity index (χ1) is 15.5. The van der Waals surface area contributed by atoms with Crippen LogP contribution < -0.4 is 5.32 Å². The van der Waals surface area contributed by atoms with Crippen molar-refractivity contribution in [3.8, 4) is 22.0 Å². The van der Waals surface area contributed by atoms with Gasteiger partial charge in [-0.25, -0.2) is 13.4 Å². The number of hydrogen-bond acceptors (Lipinski definition) is 9. The number of aromatic nitrogens is 3. The summed E-state index contributed by atoms with van der Waals surface area (Å²) in [4.78, 5) is 18.0. The summed E-state index contributed by atoms with van der Waals surface area (Å²) in [6.07, 6.45) is 0.450. The van der Waals surface area contributed by atoms with Crippen LogP contribution in [0.3, 0.4) is 0 Å². The van der Waals surface area contributed by atoms with Crippen molar-refractivity contribution in [1.82, 2.24) is 20.5 Å². The summed E-state index contributed by atoms with van der Waals surface area (Å²) >= 11 is 2.72. The molecule has 0 aliphatic carbocycles. The molecule has 0 spiro atoms. The van der Waals surface area contributed by atoms with E-state index in [1.807, 2.05) is 47.8 Å². The lowest BCUT2D eigenvalue weighted by atomic mass is 10.1. The lowest BCUT2D eigenvalue weighted by molar-refractivity contribution is -0.119. The van der Waals surface area contributed by atoms with Crippen LogP contribution in [0.1, 0.15) is 6.42 Å². The second kappa shape index (κ2) is 8.64. The van der Waals surface area contributed by atoms with E-state index >= 15 is 0 Å². The molecule has 4 aromatic rings. The molecule has 0 radical (unpaired) electrons. The molecule has 0 saturated carbocycles. The van der Waals surface area contributed by atoms with Gasteiger partial charge in [0.05, 0.1) is 38.9 Å². The van der Waals surface area contributed by atoms with Crippen LogP contribution in [-0.4, -0.2) is 52.8 Å². The molecular formula is C21H18N4O4S3. The van der Waals surface area contributed by atoms with Gasteiger partial charge in [0.15, 0.2) is 9.84 Å². The number of fused-ring (bicyclic) bond motifs is 1. The van der Waals surface area contributed by atoms with E-state index in [0.29, 0.717) is 12.3 Å². The number of hydrogen-bond donors (Lipinski definition) is 1. The third kappa shape index (κ3) is 4.54. The van der Waals surface area contributed by atoms with Gasteiger partial charge >= 0.3 is 0 Å². The summed E-state index contributed by atoms with van der Waals surface area (Å²) in [5.74, 6) is 0.272. The zero-order valence-corrected chi connectivity index (χ0v) is 19.2. The van der Waals surface area contributed by atoms with Crippen molar-refractivity contribution in [2.24, 2.45) is 0 Å². The van der Waals surface area contributed by atoms with Crippen molar-refractivity contribution in [1.29, 1.82) is 0 Å². The molecule has 1 N–H and O–H groups in total. The Kier molecular flexibility index (Phi) is 5.70. The van der Waals surface area contributed by atoms with Gasteiger partial charge in [0.2, 0.25) is 11.8 Å². The number of thiophene rings is 1. The third-order valence-electron chi connectivity index (χ3n) is 5.05. The van der Waals surface area contributed by atoms with Gasteiger partial charge in [0, 0.05) is 11.4 Å². The minimum Gasteiger partial charge on any atom is -0.411 e. The number of thioether (sulfide) groups is 1. The molecule has 1 aromatic carbocycles. The van der Waals surface area contributed by atoms with E-state index in [1.54, 1.807) is 11.3 Å². The van der Waals surface area contributed by atoms with Gasteiger partial charge < -0.3 is 9.73 Å². The fraction of sp³-hybridized carbons (Fsp3) is 0.238. The zero-order chi connectivity index (χ0) is 22.1. The summed E-state index contributed by atoms with van der Waals surface area (Å²) in [5, 5.41) is 14.2. The van der Waals surface area contributed by atoms with Gasteiger partial charge in [-0.1, -0.05) is 36.0 Å². The van der Waals surface area contributed by atoms with Gasteiger partial charge in [-0.05, 0) is 30.0 Å². The van der Waals surface area contributed by atoms with E-state index in [4.69, 9.17) is 9.40 Å². The number of carbonyl (C=O) groups excluding carboxylic acids is 1. The monoisotopic (exact) mass is 486 g/mol. The zero-order valence-electron chi connectivity index (χ0n) is 16.7. The molecule has 8 nitrogen and oxygen atoms in total. The number of carbonyl (C=O) groups is 1. The highest BCUT2D eigenvalue weighted by Crippen LogP contribution is 2.33. The topological polar surface area (TPSA) is 115 Å². The molecule has 0 unspecified atom stereocenters. The first-order valence-corrected chi connectivity index (χ1v) is 13.6. The smallest absolute Gasteiger partial charge is 0.277 e. The van der Waals surface area contributed by atoms with E-state index in [1.165, 1.54) is 0 Å². The number of amides is 1. The molecule has 164 valence electrons. The van der Waals surface area contributed by atoms with E-state index < -0.39 is 9.84 Å². The third-order valence-corrected chi connectivity index (χ3v) is 8.53. The number of rotatable bonds is 6. The van der Waals surface area contributed by atoms with E-state index in [9.17, 15) is 13.2 Å². The predicted octanol–water partition coefficient (Wildman–Crippen LogP) is 3.41. The molecule has 1 atom stereocenters. The largest absolute Gasteiger partial charge is 0.411 e. The Morgan fingerprint density at radius 3 is 2.88 bits per heavy atom. The van der Waals surface area contributed by atoms with Gasteiger partial charge in [-0.3, -0.25) is 4.79 Å².